The van der Waals surface area contributed by atoms with Gasteiger partial charge in [-0.05, 0) is 52.0 Å². The summed E-state index contributed by atoms with van der Waals surface area (Å²) in [4.78, 5) is 18.6. The quantitative estimate of drug-likeness (QED) is 0.711. The molecule has 1 heterocycles. The van der Waals surface area contributed by atoms with Crippen LogP contribution in [0.3, 0.4) is 0 Å². The standard InChI is InChI=1S/C15H26N4O/c1-5-13-10-12(11-14(16-2)18-13)15(20)17-8-6-7-9-19(3)4/h10-11H,5-9H2,1-4H3,(H,16,18)(H,17,20). The van der Waals surface area contributed by atoms with Gasteiger partial charge in [-0.25, -0.2) is 4.98 Å². The van der Waals surface area contributed by atoms with Crippen LogP contribution in [0.1, 0.15) is 35.8 Å². The zero-order valence-corrected chi connectivity index (χ0v) is 13.0. The first kappa shape index (κ1) is 16.4. The van der Waals surface area contributed by atoms with E-state index in [4.69, 9.17) is 0 Å². The average molecular weight is 278 g/mol. The summed E-state index contributed by atoms with van der Waals surface area (Å²) in [7, 11) is 5.92. The van der Waals surface area contributed by atoms with Gasteiger partial charge in [-0.15, -0.1) is 0 Å². The van der Waals surface area contributed by atoms with Crippen molar-refractivity contribution in [3.8, 4) is 0 Å². The highest BCUT2D eigenvalue weighted by molar-refractivity contribution is 5.94. The van der Waals surface area contributed by atoms with E-state index in [9.17, 15) is 4.79 Å². The highest BCUT2D eigenvalue weighted by Crippen LogP contribution is 2.10. The lowest BCUT2D eigenvalue weighted by molar-refractivity contribution is 0.0952. The zero-order chi connectivity index (χ0) is 15.0. The Morgan fingerprint density at radius 2 is 2.05 bits per heavy atom. The fraction of sp³-hybridized carbons (Fsp3) is 0.600. The Hall–Kier alpha value is -1.62. The molecular formula is C15H26N4O. The summed E-state index contributed by atoms with van der Waals surface area (Å²) >= 11 is 0. The van der Waals surface area contributed by atoms with Gasteiger partial charge in [0.2, 0.25) is 0 Å². The molecule has 5 nitrogen and oxygen atoms in total. The number of pyridine rings is 1. The van der Waals surface area contributed by atoms with Crippen LogP contribution in [-0.4, -0.2) is 50.0 Å². The van der Waals surface area contributed by atoms with E-state index < -0.39 is 0 Å². The molecule has 0 fully saturated rings. The molecule has 0 aliphatic heterocycles. The Bertz CT molecular complexity index is 410. The van der Waals surface area contributed by atoms with Crippen molar-refractivity contribution >= 4 is 11.7 Å². The first-order chi connectivity index (χ1) is 9.56. The predicted octanol–water partition coefficient (Wildman–Crippen LogP) is 1.76. The van der Waals surface area contributed by atoms with E-state index >= 15 is 0 Å². The lowest BCUT2D eigenvalue weighted by atomic mass is 10.1. The molecule has 5 heteroatoms. The van der Waals surface area contributed by atoms with Gasteiger partial charge in [-0.2, -0.15) is 0 Å². The van der Waals surface area contributed by atoms with E-state index in [0.29, 0.717) is 12.1 Å². The molecule has 1 amide bonds. The lowest BCUT2D eigenvalue weighted by Crippen LogP contribution is -2.25. The van der Waals surface area contributed by atoms with Crippen LogP contribution >= 0.6 is 0 Å². The smallest absolute Gasteiger partial charge is 0.251 e. The molecule has 0 saturated heterocycles. The molecule has 0 saturated carbocycles. The minimum absolute atomic E-state index is 0.0246. The van der Waals surface area contributed by atoms with Gasteiger partial charge in [0.25, 0.3) is 5.91 Å². The molecule has 0 bridgehead atoms. The molecule has 1 aromatic rings. The first-order valence-electron chi connectivity index (χ1n) is 7.18. The summed E-state index contributed by atoms with van der Waals surface area (Å²) < 4.78 is 0. The summed E-state index contributed by atoms with van der Waals surface area (Å²) in [5.41, 5.74) is 1.60. The van der Waals surface area contributed by atoms with Crippen LogP contribution < -0.4 is 10.6 Å². The molecule has 0 atom stereocenters. The number of amides is 1. The molecule has 0 radical (unpaired) electrons. The van der Waals surface area contributed by atoms with E-state index in [1.54, 1.807) is 6.07 Å². The van der Waals surface area contributed by atoms with E-state index in [1.165, 1.54) is 0 Å². The Morgan fingerprint density at radius 3 is 2.65 bits per heavy atom. The Morgan fingerprint density at radius 1 is 1.30 bits per heavy atom. The molecule has 1 rings (SSSR count). The lowest BCUT2D eigenvalue weighted by Gasteiger charge is -2.10. The minimum atomic E-state index is -0.0246. The van der Waals surface area contributed by atoms with Crippen LogP contribution in [-0.2, 0) is 6.42 Å². The van der Waals surface area contributed by atoms with Crippen molar-refractivity contribution in [3.05, 3.63) is 23.4 Å². The minimum Gasteiger partial charge on any atom is -0.373 e. The maximum absolute atomic E-state index is 12.1. The Labute approximate surface area is 121 Å². The fourth-order valence-electron chi connectivity index (χ4n) is 1.89. The topological polar surface area (TPSA) is 57.3 Å². The molecule has 112 valence electrons. The molecule has 1 aromatic heterocycles. The van der Waals surface area contributed by atoms with Gasteiger partial charge in [-0.3, -0.25) is 4.79 Å². The summed E-state index contributed by atoms with van der Waals surface area (Å²) in [6, 6.07) is 3.64. The monoisotopic (exact) mass is 278 g/mol. The number of unbranched alkanes of at least 4 members (excludes halogenated alkanes) is 1. The van der Waals surface area contributed by atoms with E-state index in [0.717, 1.165) is 37.3 Å². The third kappa shape index (κ3) is 5.57. The highest BCUT2D eigenvalue weighted by Gasteiger charge is 2.08. The van der Waals surface area contributed by atoms with Crippen LogP contribution in [0.5, 0.6) is 0 Å². The van der Waals surface area contributed by atoms with Gasteiger partial charge in [-0.1, -0.05) is 6.92 Å². The van der Waals surface area contributed by atoms with Crippen LogP contribution in [0, 0.1) is 0 Å². The Balaban J connectivity index is 2.50. The van der Waals surface area contributed by atoms with Crippen molar-refractivity contribution in [3.63, 3.8) is 0 Å². The second-order valence-corrected chi connectivity index (χ2v) is 5.10. The second kappa shape index (κ2) is 8.53. The maximum Gasteiger partial charge on any atom is 0.251 e. The molecule has 20 heavy (non-hydrogen) atoms. The van der Waals surface area contributed by atoms with Gasteiger partial charge in [0.15, 0.2) is 0 Å². The summed E-state index contributed by atoms with van der Waals surface area (Å²) in [5, 5.41) is 5.95. The normalized spacial score (nSPS) is 10.7. The molecule has 2 N–H and O–H groups in total. The number of nitrogens with one attached hydrogen (secondary N) is 2. The largest absolute Gasteiger partial charge is 0.373 e. The molecule has 0 spiro atoms. The van der Waals surface area contributed by atoms with Gasteiger partial charge < -0.3 is 15.5 Å². The number of carbonyl (C=O) groups excluding carboxylic acids is 1. The third-order valence-electron chi connectivity index (χ3n) is 3.08. The first-order valence-corrected chi connectivity index (χ1v) is 7.18. The van der Waals surface area contributed by atoms with E-state index in [1.807, 2.05) is 20.0 Å². The molecule has 0 aromatic carbocycles. The number of aromatic nitrogens is 1. The predicted molar refractivity (Wildman–Crippen MR) is 83.3 cm³/mol. The summed E-state index contributed by atoms with van der Waals surface area (Å²) in [5.74, 6) is 0.713. The van der Waals surface area contributed by atoms with Crippen molar-refractivity contribution in [2.75, 3.05) is 39.5 Å². The third-order valence-corrected chi connectivity index (χ3v) is 3.08. The van der Waals surface area contributed by atoms with E-state index in [-0.39, 0.29) is 5.91 Å². The molecule has 0 aliphatic carbocycles. The second-order valence-electron chi connectivity index (χ2n) is 5.10. The zero-order valence-electron chi connectivity index (χ0n) is 13.0. The van der Waals surface area contributed by atoms with Crippen molar-refractivity contribution < 1.29 is 4.79 Å². The number of rotatable bonds is 8. The number of hydrogen-bond acceptors (Lipinski definition) is 4. The number of carbonyl (C=O) groups is 1. The number of hydrogen-bond donors (Lipinski definition) is 2. The van der Waals surface area contributed by atoms with Crippen molar-refractivity contribution in [1.29, 1.82) is 0 Å². The summed E-state index contributed by atoms with van der Waals surface area (Å²) in [6.45, 7) is 3.80. The van der Waals surface area contributed by atoms with Gasteiger partial charge in [0.1, 0.15) is 5.82 Å². The molecular weight excluding hydrogens is 252 g/mol. The maximum atomic E-state index is 12.1. The van der Waals surface area contributed by atoms with Crippen LogP contribution in [0.2, 0.25) is 0 Å². The van der Waals surface area contributed by atoms with Crippen molar-refractivity contribution in [1.82, 2.24) is 15.2 Å². The fourth-order valence-corrected chi connectivity index (χ4v) is 1.89. The Kier molecular flexibility index (Phi) is 7.01. The van der Waals surface area contributed by atoms with Gasteiger partial charge in [0.05, 0.1) is 0 Å². The number of nitrogens with zero attached hydrogens (tertiary/aromatic N) is 2. The van der Waals surface area contributed by atoms with Crippen LogP contribution in [0.25, 0.3) is 0 Å². The number of anilines is 1. The van der Waals surface area contributed by atoms with Gasteiger partial charge in [0, 0.05) is 24.8 Å². The SMILES string of the molecule is CCc1cc(C(=O)NCCCCN(C)C)cc(NC)n1. The van der Waals surface area contributed by atoms with Gasteiger partial charge >= 0.3 is 0 Å². The average Bonchev–Trinajstić information content (AvgIpc) is 2.45. The van der Waals surface area contributed by atoms with Crippen molar-refractivity contribution in [2.24, 2.45) is 0 Å². The van der Waals surface area contributed by atoms with Crippen molar-refractivity contribution in [2.45, 2.75) is 26.2 Å². The summed E-state index contributed by atoms with van der Waals surface area (Å²) in [6.07, 6.45) is 2.90. The number of aryl methyl sites for hydroxylation is 1. The van der Waals surface area contributed by atoms with E-state index in [2.05, 4.69) is 34.6 Å². The molecule has 0 aliphatic rings. The molecule has 0 unspecified atom stereocenters. The van der Waals surface area contributed by atoms with Crippen LogP contribution in [0.15, 0.2) is 12.1 Å². The highest BCUT2D eigenvalue weighted by atomic mass is 16.1. The van der Waals surface area contributed by atoms with Crippen LogP contribution in [0.4, 0.5) is 5.82 Å².